The van der Waals surface area contributed by atoms with Gasteiger partial charge >= 0.3 is 7.12 Å². The van der Waals surface area contributed by atoms with Gasteiger partial charge < -0.3 is 18.5 Å². The maximum absolute atomic E-state index is 11.7. The van der Waals surface area contributed by atoms with E-state index >= 15 is 0 Å². The topological polar surface area (TPSA) is 54.0 Å². The van der Waals surface area contributed by atoms with Gasteiger partial charge in [0.2, 0.25) is 0 Å². The SMILES string of the molecule is COc1cc(C=O)c(B2OC(C)(C)C(C)(C)O2)cc1O[Si](C)(C)C(C)(C)C. The van der Waals surface area contributed by atoms with E-state index in [0.717, 1.165) is 6.29 Å². The lowest BCUT2D eigenvalue weighted by Crippen LogP contribution is -2.44. The third-order valence-electron chi connectivity index (χ3n) is 6.17. The van der Waals surface area contributed by atoms with Crippen LogP contribution in [0.4, 0.5) is 0 Å². The largest absolute Gasteiger partial charge is 0.541 e. The van der Waals surface area contributed by atoms with Crippen LogP contribution < -0.4 is 14.6 Å². The standard InChI is InChI=1S/C20H33BO5Si/c1-18(2,3)27(9,10)24-17-12-15(14(13-22)11-16(17)23-8)21-25-19(4,5)20(6,7)26-21/h11-13H,1-10H3. The van der Waals surface area contributed by atoms with Crippen molar-refractivity contribution in [1.29, 1.82) is 0 Å². The van der Waals surface area contributed by atoms with Gasteiger partial charge in [-0.05, 0) is 63.4 Å². The van der Waals surface area contributed by atoms with Gasteiger partial charge in [-0.2, -0.15) is 0 Å². The molecule has 0 bridgehead atoms. The van der Waals surface area contributed by atoms with E-state index in [2.05, 4.69) is 33.9 Å². The summed E-state index contributed by atoms with van der Waals surface area (Å²) < 4.78 is 24.3. The third-order valence-corrected chi connectivity index (χ3v) is 10.5. The van der Waals surface area contributed by atoms with Crippen LogP contribution in [0.5, 0.6) is 11.5 Å². The van der Waals surface area contributed by atoms with E-state index in [4.69, 9.17) is 18.5 Å². The molecule has 2 rings (SSSR count). The van der Waals surface area contributed by atoms with E-state index in [1.807, 2.05) is 33.8 Å². The summed E-state index contributed by atoms with van der Waals surface area (Å²) in [6.45, 7) is 18.9. The van der Waals surface area contributed by atoms with Gasteiger partial charge in [0.25, 0.3) is 8.32 Å². The molecule has 0 saturated carbocycles. The van der Waals surface area contributed by atoms with Crippen molar-refractivity contribution >= 4 is 27.2 Å². The summed E-state index contributed by atoms with van der Waals surface area (Å²) in [7, 11) is -1.15. The fraction of sp³-hybridized carbons (Fsp3) is 0.650. The monoisotopic (exact) mass is 392 g/mol. The van der Waals surface area contributed by atoms with E-state index in [-0.39, 0.29) is 5.04 Å². The Morgan fingerprint density at radius 1 is 1.04 bits per heavy atom. The predicted molar refractivity (Wildman–Crippen MR) is 112 cm³/mol. The molecule has 0 N–H and O–H groups in total. The Morgan fingerprint density at radius 3 is 1.96 bits per heavy atom. The highest BCUT2D eigenvalue weighted by atomic mass is 28.4. The second-order valence-electron chi connectivity index (χ2n) is 9.70. The van der Waals surface area contributed by atoms with Crippen LogP contribution in [0.1, 0.15) is 58.8 Å². The first-order valence-corrected chi connectivity index (χ1v) is 12.3. The van der Waals surface area contributed by atoms with Crippen LogP contribution in [0.15, 0.2) is 12.1 Å². The van der Waals surface area contributed by atoms with Gasteiger partial charge in [0.1, 0.15) is 12.0 Å². The molecule has 0 spiro atoms. The molecule has 0 aliphatic carbocycles. The molecule has 1 fully saturated rings. The summed E-state index contributed by atoms with van der Waals surface area (Å²) in [5.41, 5.74) is 0.169. The minimum absolute atomic E-state index is 0.0336. The Hall–Kier alpha value is -1.31. The molecule has 1 saturated heterocycles. The molecule has 0 unspecified atom stereocenters. The van der Waals surface area contributed by atoms with Crippen molar-refractivity contribution in [3.05, 3.63) is 17.7 Å². The molecule has 0 amide bonds. The predicted octanol–water partition coefficient (Wildman–Crippen LogP) is 4.19. The highest BCUT2D eigenvalue weighted by Crippen LogP contribution is 2.41. The van der Waals surface area contributed by atoms with Gasteiger partial charge in [-0.3, -0.25) is 4.79 Å². The first-order valence-electron chi connectivity index (χ1n) is 9.37. The Morgan fingerprint density at radius 2 is 1.56 bits per heavy atom. The number of methoxy groups -OCH3 is 1. The number of hydrogen-bond acceptors (Lipinski definition) is 5. The second kappa shape index (κ2) is 6.94. The number of carbonyl (C=O) groups excluding carboxylic acids is 1. The summed E-state index contributed by atoms with van der Waals surface area (Å²) in [4.78, 5) is 11.7. The van der Waals surface area contributed by atoms with Crippen LogP contribution in [0.2, 0.25) is 18.1 Å². The van der Waals surface area contributed by atoms with E-state index in [1.165, 1.54) is 0 Å². The molecule has 5 nitrogen and oxygen atoms in total. The van der Waals surface area contributed by atoms with Crippen molar-refractivity contribution in [2.45, 2.75) is 77.8 Å². The molecule has 1 aromatic rings. The Balaban J connectivity index is 2.52. The van der Waals surface area contributed by atoms with Crippen LogP contribution in [-0.4, -0.2) is 40.0 Å². The fourth-order valence-corrected chi connectivity index (χ4v) is 3.55. The van der Waals surface area contributed by atoms with Crippen molar-refractivity contribution < 1.29 is 23.3 Å². The van der Waals surface area contributed by atoms with Crippen molar-refractivity contribution in [3.63, 3.8) is 0 Å². The molecule has 7 heteroatoms. The minimum atomic E-state index is -2.09. The van der Waals surface area contributed by atoms with Crippen LogP contribution in [0.3, 0.4) is 0 Å². The summed E-state index contributed by atoms with van der Waals surface area (Å²) >= 11 is 0. The number of rotatable bonds is 5. The lowest BCUT2D eigenvalue weighted by atomic mass is 9.76. The molecular weight excluding hydrogens is 359 g/mol. The normalized spacial score (nSPS) is 19.1. The summed E-state index contributed by atoms with van der Waals surface area (Å²) in [6, 6.07) is 3.54. The lowest BCUT2D eigenvalue weighted by molar-refractivity contribution is 0.00578. The van der Waals surface area contributed by atoms with Crippen molar-refractivity contribution in [2.24, 2.45) is 0 Å². The summed E-state index contributed by atoms with van der Waals surface area (Å²) in [6.07, 6.45) is 0.805. The highest BCUT2D eigenvalue weighted by Gasteiger charge is 2.52. The van der Waals surface area contributed by atoms with Gasteiger partial charge in [0, 0.05) is 5.56 Å². The maximum atomic E-state index is 11.7. The molecule has 1 aliphatic heterocycles. The number of benzene rings is 1. The minimum Gasteiger partial charge on any atom is -0.541 e. The molecule has 1 heterocycles. The van der Waals surface area contributed by atoms with Crippen LogP contribution in [0.25, 0.3) is 0 Å². The van der Waals surface area contributed by atoms with Gasteiger partial charge in [0.05, 0.1) is 18.3 Å². The van der Waals surface area contributed by atoms with Gasteiger partial charge in [0.15, 0.2) is 5.75 Å². The lowest BCUT2D eigenvalue weighted by Gasteiger charge is -2.37. The zero-order valence-corrected chi connectivity index (χ0v) is 19.4. The Labute approximate surface area is 165 Å². The zero-order chi connectivity index (χ0) is 20.8. The number of hydrogen-bond donors (Lipinski definition) is 0. The average Bonchev–Trinajstić information content (AvgIpc) is 2.73. The van der Waals surface area contributed by atoms with Crippen molar-refractivity contribution in [2.75, 3.05) is 7.11 Å². The zero-order valence-electron chi connectivity index (χ0n) is 18.4. The molecule has 1 aromatic carbocycles. The third kappa shape index (κ3) is 4.10. The molecule has 150 valence electrons. The van der Waals surface area contributed by atoms with Gasteiger partial charge in [-0.15, -0.1) is 0 Å². The molecule has 27 heavy (non-hydrogen) atoms. The number of ether oxygens (including phenoxy) is 1. The maximum Gasteiger partial charge on any atom is 0.495 e. The second-order valence-corrected chi connectivity index (χ2v) is 14.4. The highest BCUT2D eigenvalue weighted by molar-refractivity contribution is 6.74. The van der Waals surface area contributed by atoms with E-state index in [0.29, 0.717) is 22.5 Å². The Kier molecular flexibility index (Phi) is 5.65. The number of aldehydes is 1. The summed E-state index contributed by atoms with van der Waals surface area (Å²) in [5, 5.41) is 0.0336. The quantitative estimate of drug-likeness (QED) is 0.556. The molecule has 1 aliphatic rings. The van der Waals surface area contributed by atoms with Crippen LogP contribution in [0, 0.1) is 0 Å². The Bertz CT molecular complexity index is 706. The number of carbonyl (C=O) groups is 1. The smallest absolute Gasteiger partial charge is 0.495 e. The van der Waals surface area contributed by atoms with Crippen LogP contribution in [-0.2, 0) is 9.31 Å². The summed E-state index contributed by atoms with van der Waals surface area (Å²) in [5.74, 6) is 1.17. The van der Waals surface area contributed by atoms with E-state index in [1.54, 1.807) is 13.2 Å². The molecular formula is C20H33BO5Si. The van der Waals surface area contributed by atoms with Crippen molar-refractivity contribution in [3.8, 4) is 11.5 Å². The first kappa shape index (κ1) is 22.0. The first-order chi connectivity index (χ1) is 12.1. The van der Waals surface area contributed by atoms with Crippen molar-refractivity contribution in [1.82, 2.24) is 0 Å². The van der Waals surface area contributed by atoms with Gasteiger partial charge in [-0.1, -0.05) is 20.8 Å². The molecule has 0 atom stereocenters. The molecule has 0 aromatic heterocycles. The van der Waals surface area contributed by atoms with E-state index in [9.17, 15) is 4.79 Å². The van der Waals surface area contributed by atoms with Gasteiger partial charge in [-0.25, -0.2) is 0 Å². The van der Waals surface area contributed by atoms with Crippen LogP contribution >= 0.6 is 0 Å². The fourth-order valence-electron chi connectivity index (χ4n) is 2.53. The molecule has 0 radical (unpaired) electrons. The average molecular weight is 392 g/mol. The van der Waals surface area contributed by atoms with E-state index < -0.39 is 26.6 Å².